The first-order valence-corrected chi connectivity index (χ1v) is 13.9. The van der Waals surface area contributed by atoms with Gasteiger partial charge < -0.3 is 34.9 Å². The average Bonchev–Trinajstić information content (AvgIpc) is 3.33. The number of rotatable bonds is 7. The van der Waals surface area contributed by atoms with Crippen LogP contribution >= 0.6 is 0 Å². The Labute approximate surface area is 221 Å². The Morgan fingerprint density at radius 2 is 1.95 bits per heavy atom. The van der Waals surface area contributed by atoms with Gasteiger partial charge in [-0.3, -0.25) is 4.79 Å². The van der Waals surface area contributed by atoms with Crippen LogP contribution in [-0.2, 0) is 10.0 Å². The van der Waals surface area contributed by atoms with Crippen molar-refractivity contribution in [1.82, 2.24) is 9.21 Å². The molecule has 3 atom stereocenters. The first-order valence-electron chi connectivity index (χ1n) is 12.1. The summed E-state index contributed by atoms with van der Waals surface area (Å²) in [5.74, 6) is 0.524. The third-order valence-corrected chi connectivity index (χ3v) is 7.85. The lowest BCUT2D eigenvalue weighted by atomic mass is 9.99. The van der Waals surface area contributed by atoms with E-state index in [0.717, 1.165) is 6.26 Å². The Morgan fingerprint density at radius 3 is 2.66 bits per heavy atom. The molecule has 206 valence electrons. The lowest BCUT2D eigenvalue weighted by molar-refractivity contribution is 0.0389. The Morgan fingerprint density at radius 1 is 1.21 bits per heavy atom. The molecular formula is C25H32N4O8S. The highest BCUT2D eigenvalue weighted by Crippen LogP contribution is 2.36. The highest BCUT2D eigenvalue weighted by molar-refractivity contribution is 7.88. The number of urea groups is 1. The number of fused-ring (bicyclic) bond motifs is 2. The van der Waals surface area contributed by atoms with E-state index in [2.05, 4.69) is 10.6 Å². The number of nitrogens with one attached hydrogen (secondary N) is 2. The predicted molar refractivity (Wildman–Crippen MR) is 140 cm³/mol. The van der Waals surface area contributed by atoms with Gasteiger partial charge in [0.1, 0.15) is 6.10 Å². The van der Waals surface area contributed by atoms with Crippen molar-refractivity contribution in [2.45, 2.75) is 26.0 Å². The fraction of sp³-hybridized carbons (Fsp3) is 0.440. The van der Waals surface area contributed by atoms with Gasteiger partial charge in [-0.05, 0) is 31.2 Å². The maximum absolute atomic E-state index is 13.5. The van der Waals surface area contributed by atoms with Gasteiger partial charge in [0.25, 0.3) is 5.91 Å². The fourth-order valence-electron chi connectivity index (χ4n) is 4.21. The van der Waals surface area contributed by atoms with Crippen LogP contribution < -0.4 is 24.8 Å². The summed E-state index contributed by atoms with van der Waals surface area (Å²) >= 11 is 0. The van der Waals surface area contributed by atoms with Gasteiger partial charge in [0.15, 0.2) is 17.2 Å². The number of nitrogens with zero attached hydrogens (tertiary/aromatic N) is 2. The molecule has 0 saturated carbocycles. The van der Waals surface area contributed by atoms with Crippen LogP contribution in [0.1, 0.15) is 24.2 Å². The molecule has 13 heteroatoms. The monoisotopic (exact) mass is 548 g/mol. The molecule has 0 spiro atoms. The number of aliphatic hydroxyl groups is 1. The van der Waals surface area contributed by atoms with Gasteiger partial charge in [0.2, 0.25) is 16.8 Å². The fourth-order valence-corrected chi connectivity index (χ4v) is 4.63. The number of anilines is 2. The summed E-state index contributed by atoms with van der Waals surface area (Å²) in [6.07, 6.45) is 0.445. The lowest BCUT2D eigenvalue weighted by Gasteiger charge is -2.38. The average molecular weight is 549 g/mol. The van der Waals surface area contributed by atoms with E-state index in [1.807, 2.05) is 6.92 Å². The van der Waals surface area contributed by atoms with Crippen LogP contribution in [0.3, 0.4) is 0 Å². The molecule has 3 amide bonds. The zero-order chi connectivity index (χ0) is 27.6. The second-order valence-corrected chi connectivity index (χ2v) is 11.6. The minimum atomic E-state index is -3.50. The van der Waals surface area contributed by atoms with E-state index < -0.39 is 28.2 Å². The van der Waals surface area contributed by atoms with Crippen LogP contribution in [0.15, 0.2) is 36.4 Å². The number of para-hydroxylation sites is 1. The number of aliphatic hydroxyl groups excluding tert-OH is 1. The number of amides is 3. The highest BCUT2D eigenvalue weighted by atomic mass is 32.2. The van der Waals surface area contributed by atoms with Crippen LogP contribution in [0.4, 0.5) is 16.2 Å². The first-order chi connectivity index (χ1) is 18.0. The molecule has 2 heterocycles. The number of hydrogen-bond acceptors (Lipinski definition) is 8. The van der Waals surface area contributed by atoms with Gasteiger partial charge in [-0.15, -0.1) is 0 Å². The number of ether oxygens (including phenoxy) is 3. The Balaban J connectivity index is 1.65. The molecule has 0 fully saturated rings. The third-order valence-electron chi connectivity index (χ3n) is 6.57. The number of sulfonamides is 1. The smallest absolute Gasteiger partial charge is 0.323 e. The van der Waals surface area contributed by atoms with E-state index in [0.29, 0.717) is 17.2 Å². The normalized spacial score (nSPS) is 19.7. The van der Waals surface area contributed by atoms with Crippen molar-refractivity contribution in [3.8, 4) is 17.2 Å². The molecule has 2 aromatic carbocycles. The molecule has 2 aliphatic rings. The van der Waals surface area contributed by atoms with Crippen LogP contribution in [0.25, 0.3) is 0 Å². The Bertz CT molecular complexity index is 1320. The molecule has 2 aliphatic heterocycles. The summed E-state index contributed by atoms with van der Waals surface area (Å²) < 4.78 is 42.4. The van der Waals surface area contributed by atoms with E-state index in [9.17, 15) is 23.1 Å². The van der Waals surface area contributed by atoms with Crippen molar-refractivity contribution >= 4 is 33.3 Å². The zero-order valence-corrected chi connectivity index (χ0v) is 22.4. The second-order valence-electron chi connectivity index (χ2n) is 9.50. The molecule has 0 radical (unpaired) electrons. The Hall–Kier alpha value is -3.55. The number of carbonyl (C=O) groups excluding carboxylic acids is 2. The van der Waals surface area contributed by atoms with Crippen LogP contribution in [0.2, 0.25) is 0 Å². The Kier molecular flexibility index (Phi) is 7.99. The van der Waals surface area contributed by atoms with Crippen molar-refractivity contribution in [2.24, 2.45) is 5.92 Å². The summed E-state index contributed by atoms with van der Waals surface area (Å²) in [4.78, 5) is 28.0. The molecule has 3 N–H and O–H groups in total. The quantitative estimate of drug-likeness (QED) is 0.477. The van der Waals surface area contributed by atoms with Crippen molar-refractivity contribution in [3.63, 3.8) is 0 Å². The number of hydrogen-bond donors (Lipinski definition) is 3. The lowest BCUT2D eigenvalue weighted by Crippen LogP contribution is -2.50. The number of carbonyl (C=O) groups is 2. The predicted octanol–water partition coefficient (Wildman–Crippen LogP) is 2.17. The highest BCUT2D eigenvalue weighted by Gasteiger charge is 2.35. The standard InChI is InChI=1S/C25H32N4O8S/c1-15-11-29(16(2)13-30)24(31)18-6-5-7-19(23(18)37-22(15)12-28(3)38(4,33)34)27-25(32)26-17-8-9-20-21(10-17)36-14-35-20/h5-10,15-16,22,30H,11-14H2,1-4H3,(H2,26,27,32)/t15-,16+,22-/m1/s1. The second kappa shape index (κ2) is 11.1. The molecule has 0 aromatic heterocycles. The summed E-state index contributed by atoms with van der Waals surface area (Å²) in [6, 6.07) is 8.67. The van der Waals surface area contributed by atoms with E-state index in [1.54, 1.807) is 43.3 Å². The van der Waals surface area contributed by atoms with Gasteiger partial charge in [-0.1, -0.05) is 13.0 Å². The molecule has 38 heavy (non-hydrogen) atoms. The minimum absolute atomic E-state index is 0.0205. The maximum atomic E-state index is 13.5. The molecule has 0 unspecified atom stereocenters. The van der Waals surface area contributed by atoms with Gasteiger partial charge in [-0.25, -0.2) is 17.5 Å². The first kappa shape index (κ1) is 27.5. The molecule has 2 aromatic rings. The zero-order valence-electron chi connectivity index (χ0n) is 21.6. The number of benzene rings is 2. The summed E-state index contributed by atoms with van der Waals surface area (Å²) in [7, 11) is -2.05. The van der Waals surface area contributed by atoms with E-state index in [1.165, 1.54) is 16.3 Å². The summed E-state index contributed by atoms with van der Waals surface area (Å²) in [5.41, 5.74) is 0.878. The molecule has 0 aliphatic carbocycles. The molecule has 0 bridgehead atoms. The molecule has 12 nitrogen and oxygen atoms in total. The molecule has 0 saturated heterocycles. The summed E-state index contributed by atoms with van der Waals surface area (Å²) in [6.45, 7) is 3.69. The van der Waals surface area contributed by atoms with Gasteiger partial charge in [-0.2, -0.15) is 0 Å². The third kappa shape index (κ3) is 5.95. The molecular weight excluding hydrogens is 516 g/mol. The van der Waals surface area contributed by atoms with Crippen LogP contribution in [-0.4, -0.2) is 86.6 Å². The van der Waals surface area contributed by atoms with Gasteiger partial charge >= 0.3 is 6.03 Å². The SMILES string of the molecule is C[C@@H]1CN([C@@H](C)CO)C(=O)c2cccc(NC(=O)Nc3ccc4c(c3)OCO4)c2O[C@@H]1CN(C)S(C)(=O)=O. The van der Waals surface area contributed by atoms with Gasteiger partial charge in [0.05, 0.1) is 36.7 Å². The minimum Gasteiger partial charge on any atom is -0.486 e. The van der Waals surface area contributed by atoms with Crippen molar-refractivity contribution < 1.29 is 37.3 Å². The van der Waals surface area contributed by atoms with Crippen LogP contribution in [0.5, 0.6) is 17.2 Å². The number of likely N-dealkylation sites (N-methyl/N-ethyl adjacent to an activating group) is 1. The van der Waals surface area contributed by atoms with Gasteiger partial charge in [0, 0.05) is 31.3 Å². The van der Waals surface area contributed by atoms with E-state index in [-0.39, 0.29) is 55.3 Å². The van der Waals surface area contributed by atoms with Crippen molar-refractivity contribution in [1.29, 1.82) is 0 Å². The van der Waals surface area contributed by atoms with E-state index in [4.69, 9.17) is 14.2 Å². The topological polar surface area (TPSA) is 147 Å². The van der Waals surface area contributed by atoms with Crippen molar-refractivity contribution in [3.05, 3.63) is 42.0 Å². The van der Waals surface area contributed by atoms with Crippen LogP contribution in [0, 0.1) is 5.92 Å². The largest absolute Gasteiger partial charge is 0.486 e. The van der Waals surface area contributed by atoms with E-state index >= 15 is 0 Å². The summed E-state index contributed by atoms with van der Waals surface area (Å²) in [5, 5.41) is 15.2. The van der Waals surface area contributed by atoms with Crippen molar-refractivity contribution in [2.75, 3.05) is 50.4 Å². The molecule has 4 rings (SSSR count). The maximum Gasteiger partial charge on any atom is 0.323 e.